The number of nitrogens with one attached hydrogen (secondary N) is 1. The highest BCUT2D eigenvalue weighted by Gasteiger charge is 2.03. The molecule has 0 unspecified atom stereocenters. The van der Waals surface area contributed by atoms with Crippen LogP contribution in [0.15, 0.2) is 53.0 Å². The van der Waals surface area contributed by atoms with Crippen LogP contribution in [0.2, 0.25) is 5.02 Å². The second-order valence-electron chi connectivity index (χ2n) is 4.21. The number of benzene rings is 2. The third-order valence-electron chi connectivity index (χ3n) is 2.66. The van der Waals surface area contributed by atoms with Crippen LogP contribution in [0, 0.1) is 0 Å². The maximum atomic E-state index is 11.8. The van der Waals surface area contributed by atoms with Crippen molar-refractivity contribution in [3.63, 3.8) is 0 Å². The molecule has 19 heavy (non-hydrogen) atoms. The predicted molar refractivity (Wildman–Crippen MR) is 81.1 cm³/mol. The van der Waals surface area contributed by atoms with Crippen molar-refractivity contribution in [3.05, 3.63) is 69.2 Å². The molecule has 2 aromatic carbocycles. The molecule has 0 aliphatic carbocycles. The normalized spacial score (nSPS) is 10.2. The molecule has 0 atom stereocenters. The summed E-state index contributed by atoms with van der Waals surface area (Å²) >= 11 is 9.20. The van der Waals surface area contributed by atoms with Gasteiger partial charge in [0.15, 0.2) is 0 Å². The Morgan fingerprint density at radius 3 is 2.53 bits per heavy atom. The lowest BCUT2D eigenvalue weighted by Crippen LogP contribution is -2.24. The molecule has 0 radical (unpaired) electrons. The Morgan fingerprint density at radius 2 is 1.84 bits per heavy atom. The molecule has 1 N–H and O–H groups in total. The highest BCUT2D eigenvalue weighted by Crippen LogP contribution is 2.12. The van der Waals surface area contributed by atoms with Crippen LogP contribution >= 0.6 is 27.5 Å². The molecular formula is C15H13BrClNO. The minimum absolute atomic E-state index is 0.00745. The van der Waals surface area contributed by atoms with Crippen LogP contribution in [0.3, 0.4) is 0 Å². The first kappa shape index (κ1) is 14.1. The second-order valence-corrected chi connectivity index (χ2v) is 5.56. The number of halogens is 2. The van der Waals surface area contributed by atoms with Crippen molar-refractivity contribution in [2.45, 2.75) is 13.0 Å². The Morgan fingerprint density at radius 1 is 1.11 bits per heavy atom. The first-order valence-electron chi connectivity index (χ1n) is 5.89. The van der Waals surface area contributed by atoms with Crippen molar-refractivity contribution in [3.8, 4) is 0 Å². The topological polar surface area (TPSA) is 29.1 Å². The molecule has 1 amide bonds. The molecule has 0 aliphatic heterocycles. The molecule has 2 rings (SSSR count). The van der Waals surface area contributed by atoms with Crippen LogP contribution in [0.5, 0.6) is 0 Å². The van der Waals surface area contributed by atoms with Gasteiger partial charge in [-0.25, -0.2) is 0 Å². The van der Waals surface area contributed by atoms with Gasteiger partial charge in [0, 0.05) is 16.0 Å². The third-order valence-corrected chi connectivity index (χ3v) is 3.40. The van der Waals surface area contributed by atoms with Crippen molar-refractivity contribution in [1.82, 2.24) is 5.32 Å². The zero-order valence-corrected chi connectivity index (χ0v) is 12.5. The number of hydrogen-bond donors (Lipinski definition) is 1. The average molecular weight is 339 g/mol. The van der Waals surface area contributed by atoms with Gasteiger partial charge < -0.3 is 5.32 Å². The van der Waals surface area contributed by atoms with E-state index in [0.717, 1.165) is 15.6 Å². The Bertz CT molecular complexity index is 569. The molecular weight excluding hydrogens is 326 g/mol. The van der Waals surface area contributed by atoms with E-state index in [9.17, 15) is 4.79 Å². The summed E-state index contributed by atoms with van der Waals surface area (Å²) in [5.41, 5.74) is 2.02. The smallest absolute Gasteiger partial charge is 0.224 e. The van der Waals surface area contributed by atoms with E-state index >= 15 is 0 Å². The van der Waals surface area contributed by atoms with Gasteiger partial charge in [0.25, 0.3) is 0 Å². The monoisotopic (exact) mass is 337 g/mol. The summed E-state index contributed by atoms with van der Waals surface area (Å²) in [5.74, 6) is 0.00745. The van der Waals surface area contributed by atoms with Crippen molar-refractivity contribution >= 4 is 33.4 Å². The molecule has 0 heterocycles. The van der Waals surface area contributed by atoms with Gasteiger partial charge in [-0.2, -0.15) is 0 Å². The fourth-order valence-electron chi connectivity index (χ4n) is 1.70. The standard InChI is InChI=1S/C15H13BrClNO/c16-13-3-1-2-12(8-13)9-15(19)18-10-11-4-6-14(17)7-5-11/h1-8H,9-10H2,(H,18,19). The lowest BCUT2D eigenvalue weighted by Gasteiger charge is -2.06. The van der Waals surface area contributed by atoms with E-state index in [2.05, 4.69) is 21.2 Å². The lowest BCUT2D eigenvalue weighted by molar-refractivity contribution is -0.120. The molecule has 0 saturated carbocycles. The Balaban J connectivity index is 1.86. The fourth-order valence-corrected chi connectivity index (χ4v) is 2.27. The minimum Gasteiger partial charge on any atom is -0.352 e. The zero-order valence-electron chi connectivity index (χ0n) is 10.2. The SMILES string of the molecule is O=C(Cc1cccc(Br)c1)NCc1ccc(Cl)cc1. The number of hydrogen-bond acceptors (Lipinski definition) is 1. The Labute approximate surface area is 125 Å². The van der Waals surface area contributed by atoms with Crippen LogP contribution in [-0.2, 0) is 17.8 Å². The van der Waals surface area contributed by atoms with E-state index in [1.165, 1.54) is 0 Å². The lowest BCUT2D eigenvalue weighted by atomic mass is 10.1. The summed E-state index contributed by atoms with van der Waals surface area (Å²) in [6.07, 6.45) is 0.382. The van der Waals surface area contributed by atoms with Crippen LogP contribution < -0.4 is 5.32 Å². The maximum absolute atomic E-state index is 11.8. The summed E-state index contributed by atoms with van der Waals surface area (Å²) in [7, 11) is 0. The van der Waals surface area contributed by atoms with Gasteiger partial charge in [0.2, 0.25) is 5.91 Å². The number of rotatable bonds is 4. The minimum atomic E-state index is 0.00745. The summed E-state index contributed by atoms with van der Waals surface area (Å²) in [4.78, 5) is 11.8. The van der Waals surface area contributed by atoms with E-state index in [-0.39, 0.29) is 5.91 Å². The number of carbonyl (C=O) groups is 1. The van der Waals surface area contributed by atoms with Crippen LogP contribution in [0.4, 0.5) is 0 Å². The van der Waals surface area contributed by atoms with Crippen molar-refractivity contribution in [2.75, 3.05) is 0 Å². The van der Waals surface area contributed by atoms with E-state index in [1.807, 2.05) is 48.5 Å². The highest BCUT2D eigenvalue weighted by molar-refractivity contribution is 9.10. The van der Waals surface area contributed by atoms with Gasteiger partial charge in [0.1, 0.15) is 0 Å². The van der Waals surface area contributed by atoms with Gasteiger partial charge in [0.05, 0.1) is 6.42 Å². The Kier molecular flexibility index (Phi) is 5.00. The van der Waals surface area contributed by atoms with Crippen molar-refractivity contribution < 1.29 is 4.79 Å². The Hall–Kier alpha value is -1.32. The summed E-state index contributed by atoms with van der Waals surface area (Å²) in [6, 6.07) is 15.2. The molecule has 98 valence electrons. The molecule has 0 saturated heterocycles. The molecule has 2 nitrogen and oxygen atoms in total. The average Bonchev–Trinajstić information content (AvgIpc) is 2.38. The fraction of sp³-hybridized carbons (Fsp3) is 0.133. The van der Waals surface area contributed by atoms with Gasteiger partial charge in [-0.15, -0.1) is 0 Å². The van der Waals surface area contributed by atoms with E-state index < -0.39 is 0 Å². The predicted octanol–water partition coefficient (Wildman–Crippen LogP) is 3.96. The summed E-state index contributed by atoms with van der Waals surface area (Å²) < 4.78 is 0.982. The zero-order chi connectivity index (χ0) is 13.7. The van der Waals surface area contributed by atoms with E-state index in [0.29, 0.717) is 18.0 Å². The van der Waals surface area contributed by atoms with E-state index in [4.69, 9.17) is 11.6 Å². The van der Waals surface area contributed by atoms with E-state index in [1.54, 1.807) is 0 Å². The summed E-state index contributed by atoms with van der Waals surface area (Å²) in [6.45, 7) is 0.518. The van der Waals surface area contributed by atoms with Gasteiger partial charge in [-0.3, -0.25) is 4.79 Å². The van der Waals surface area contributed by atoms with Gasteiger partial charge >= 0.3 is 0 Å². The molecule has 0 spiro atoms. The van der Waals surface area contributed by atoms with Crippen LogP contribution in [-0.4, -0.2) is 5.91 Å². The highest BCUT2D eigenvalue weighted by atomic mass is 79.9. The number of amides is 1. The third kappa shape index (κ3) is 4.69. The molecule has 0 aliphatic rings. The molecule has 0 fully saturated rings. The molecule has 0 aromatic heterocycles. The van der Waals surface area contributed by atoms with Crippen molar-refractivity contribution in [2.24, 2.45) is 0 Å². The molecule has 4 heteroatoms. The molecule has 0 bridgehead atoms. The summed E-state index contributed by atoms with van der Waals surface area (Å²) in [5, 5.41) is 3.59. The quantitative estimate of drug-likeness (QED) is 0.898. The first-order valence-corrected chi connectivity index (χ1v) is 7.06. The second kappa shape index (κ2) is 6.73. The van der Waals surface area contributed by atoms with Crippen molar-refractivity contribution in [1.29, 1.82) is 0 Å². The van der Waals surface area contributed by atoms with Crippen LogP contribution in [0.25, 0.3) is 0 Å². The largest absolute Gasteiger partial charge is 0.352 e. The van der Waals surface area contributed by atoms with Gasteiger partial charge in [-0.05, 0) is 35.4 Å². The first-order chi connectivity index (χ1) is 9.13. The van der Waals surface area contributed by atoms with Crippen LogP contribution in [0.1, 0.15) is 11.1 Å². The maximum Gasteiger partial charge on any atom is 0.224 e. The van der Waals surface area contributed by atoms with Gasteiger partial charge in [-0.1, -0.05) is 51.8 Å². The number of carbonyl (C=O) groups excluding carboxylic acids is 1. The molecule has 2 aromatic rings.